The number of methoxy groups -OCH3 is 1. The lowest BCUT2D eigenvalue weighted by atomic mass is 10.0. The number of ether oxygens (including phenoxy) is 1. The van der Waals surface area contributed by atoms with Gasteiger partial charge >= 0.3 is 5.97 Å². The van der Waals surface area contributed by atoms with Crippen molar-refractivity contribution in [3.63, 3.8) is 0 Å². The Bertz CT molecular complexity index is 898. The Morgan fingerprint density at radius 2 is 1.76 bits per heavy atom. The van der Waals surface area contributed by atoms with Crippen molar-refractivity contribution in [2.24, 2.45) is 0 Å². The highest BCUT2D eigenvalue weighted by Crippen LogP contribution is 2.34. The Kier molecular flexibility index (Phi) is 5.20. The highest BCUT2D eigenvalue weighted by molar-refractivity contribution is 7.89. The van der Waals surface area contributed by atoms with E-state index in [2.05, 4.69) is 4.72 Å². The summed E-state index contributed by atoms with van der Waals surface area (Å²) in [6.45, 7) is 5.27. The molecule has 2 N–H and O–H groups in total. The summed E-state index contributed by atoms with van der Waals surface area (Å²) in [5.41, 5.74) is 0.462. The first kappa shape index (κ1) is 19.0. The van der Waals surface area contributed by atoms with Crippen LogP contribution in [0.2, 0.25) is 0 Å². The van der Waals surface area contributed by atoms with Gasteiger partial charge in [-0.15, -0.1) is 0 Å². The van der Waals surface area contributed by atoms with Crippen molar-refractivity contribution in [1.29, 1.82) is 0 Å². The molecule has 0 fully saturated rings. The molecule has 2 rings (SSSR count). The molecular weight excluding hydrogens is 342 g/mol. The molecule has 0 radical (unpaired) electrons. The van der Waals surface area contributed by atoms with Gasteiger partial charge in [0.1, 0.15) is 11.3 Å². The smallest absolute Gasteiger partial charge is 0.339 e. The second-order valence-corrected chi connectivity index (χ2v) is 8.26. The van der Waals surface area contributed by atoms with Crippen molar-refractivity contribution >= 4 is 16.0 Å². The summed E-state index contributed by atoms with van der Waals surface area (Å²) in [5, 5.41) is 9.29. The minimum atomic E-state index is -3.70. The normalized spacial score (nSPS) is 12.0. The fourth-order valence-corrected chi connectivity index (χ4v) is 3.91. The SMILES string of the molecule is COc1c(C(=O)O)cccc1-c1cccc(S(=O)(=O)NC(C)(C)C)c1. The van der Waals surface area contributed by atoms with E-state index in [9.17, 15) is 18.3 Å². The molecule has 2 aromatic carbocycles. The minimum absolute atomic E-state index is 0.0149. The predicted octanol–water partition coefficient (Wildman–Crippen LogP) is 3.14. The second-order valence-electron chi connectivity index (χ2n) is 6.57. The van der Waals surface area contributed by atoms with E-state index in [-0.39, 0.29) is 16.2 Å². The number of nitrogens with one attached hydrogen (secondary N) is 1. The van der Waals surface area contributed by atoms with E-state index in [1.807, 2.05) is 0 Å². The molecule has 0 spiro atoms. The Morgan fingerprint density at radius 1 is 1.12 bits per heavy atom. The van der Waals surface area contributed by atoms with E-state index >= 15 is 0 Å². The van der Waals surface area contributed by atoms with Crippen molar-refractivity contribution in [3.8, 4) is 16.9 Å². The first-order valence-corrected chi connectivity index (χ1v) is 9.08. The molecule has 7 heteroatoms. The fraction of sp³-hybridized carbons (Fsp3) is 0.278. The maximum atomic E-state index is 12.5. The van der Waals surface area contributed by atoms with Gasteiger partial charge in [-0.05, 0) is 44.5 Å². The number of hydrogen-bond acceptors (Lipinski definition) is 4. The zero-order chi connectivity index (χ0) is 18.8. The van der Waals surface area contributed by atoms with Crippen LogP contribution in [0, 0.1) is 0 Å². The van der Waals surface area contributed by atoms with Crippen LogP contribution in [-0.2, 0) is 10.0 Å². The van der Waals surface area contributed by atoms with Gasteiger partial charge in [0.05, 0.1) is 12.0 Å². The van der Waals surface area contributed by atoms with Crippen LogP contribution in [0.4, 0.5) is 0 Å². The average Bonchev–Trinajstić information content (AvgIpc) is 2.52. The van der Waals surface area contributed by atoms with E-state index in [1.165, 1.54) is 25.3 Å². The Labute approximate surface area is 147 Å². The summed E-state index contributed by atoms with van der Waals surface area (Å²) in [7, 11) is -2.32. The summed E-state index contributed by atoms with van der Waals surface area (Å²) in [6.07, 6.45) is 0. The summed E-state index contributed by atoms with van der Waals surface area (Å²) < 4.78 is 32.9. The van der Waals surface area contributed by atoms with Gasteiger partial charge in [0.2, 0.25) is 10.0 Å². The van der Waals surface area contributed by atoms with Gasteiger partial charge in [0.25, 0.3) is 0 Å². The number of carboxylic acid groups (broad SMARTS) is 1. The summed E-state index contributed by atoms with van der Waals surface area (Å²) in [6, 6.07) is 11.0. The molecule has 0 atom stereocenters. The lowest BCUT2D eigenvalue weighted by Crippen LogP contribution is -2.40. The van der Waals surface area contributed by atoms with Gasteiger partial charge in [-0.1, -0.05) is 24.3 Å². The molecule has 0 aliphatic heterocycles. The summed E-state index contributed by atoms with van der Waals surface area (Å²) >= 11 is 0. The largest absolute Gasteiger partial charge is 0.495 e. The van der Waals surface area contributed by atoms with E-state index in [0.717, 1.165) is 0 Å². The molecule has 0 unspecified atom stereocenters. The van der Waals surface area contributed by atoms with Crippen molar-refractivity contribution < 1.29 is 23.1 Å². The standard InChI is InChI=1S/C18H21NO5S/c1-18(2,3)19-25(22,23)13-8-5-7-12(11-13)14-9-6-10-15(17(20)21)16(14)24-4/h5-11,19H,1-4H3,(H,20,21). The Morgan fingerprint density at radius 3 is 2.32 bits per heavy atom. The van der Waals surface area contributed by atoms with Crippen molar-refractivity contribution in [3.05, 3.63) is 48.0 Å². The first-order chi connectivity index (χ1) is 11.5. The van der Waals surface area contributed by atoms with Crippen LogP contribution in [0.25, 0.3) is 11.1 Å². The zero-order valence-corrected chi connectivity index (χ0v) is 15.3. The Hall–Kier alpha value is -2.38. The van der Waals surface area contributed by atoms with E-state index in [0.29, 0.717) is 11.1 Å². The molecule has 0 aliphatic carbocycles. The maximum absolute atomic E-state index is 12.5. The number of hydrogen-bond donors (Lipinski definition) is 2. The zero-order valence-electron chi connectivity index (χ0n) is 14.5. The van der Waals surface area contributed by atoms with Crippen LogP contribution < -0.4 is 9.46 Å². The van der Waals surface area contributed by atoms with Crippen LogP contribution >= 0.6 is 0 Å². The van der Waals surface area contributed by atoms with Gasteiger partial charge in [-0.3, -0.25) is 0 Å². The van der Waals surface area contributed by atoms with Crippen molar-refractivity contribution in [2.45, 2.75) is 31.2 Å². The lowest BCUT2D eigenvalue weighted by Gasteiger charge is -2.20. The van der Waals surface area contributed by atoms with Crippen molar-refractivity contribution in [2.75, 3.05) is 7.11 Å². The van der Waals surface area contributed by atoms with Crippen LogP contribution in [-0.4, -0.2) is 32.1 Å². The molecule has 6 nitrogen and oxygen atoms in total. The number of carbonyl (C=O) groups is 1. The van der Waals surface area contributed by atoms with E-state index in [1.54, 1.807) is 45.0 Å². The van der Waals surface area contributed by atoms with Gasteiger partial charge < -0.3 is 9.84 Å². The predicted molar refractivity (Wildman–Crippen MR) is 95.5 cm³/mol. The molecule has 0 bridgehead atoms. The third kappa shape index (κ3) is 4.37. The molecule has 0 saturated heterocycles. The van der Waals surface area contributed by atoms with Crippen molar-refractivity contribution in [1.82, 2.24) is 4.72 Å². The molecule has 134 valence electrons. The molecule has 0 aromatic heterocycles. The monoisotopic (exact) mass is 363 g/mol. The highest BCUT2D eigenvalue weighted by atomic mass is 32.2. The number of para-hydroxylation sites is 1. The maximum Gasteiger partial charge on any atom is 0.339 e. The average molecular weight is 363 g/mol. The summed E-state index contributed by atoms with van der Waals surface area (Å²) in [4.78, 5) is 11.5. The third-order valence-corrected chi connectivity index (χ3v) is 5.10. The molecule has 2 aromatic rings. The number of sulfonamides is 1. The quantitative estimate of drug-likeness (QED) is 0.851. The number of carboxylic acids is 1. The number of benzene rings is 2. The molecule has 25 heavy (non-hydrogen) atoms. The summed E-state index contributed by atoms with van der Waals surface area (Å²) in [5.74, 6) is -0.926. The first-order valence-electron chi connectivity index (χ1n) is 7.60. The molecule has 0 aliphatic rings. The van der Waals surface area contributed by atoms with Crippen LogP contribution in [0.3, 0.4) is 0 Å². The van der Waals surface area contributed by atoms with Gasteiger partial charge in [0, 0.05) is 11.1 Å². The fourth-order valence-electron chi connectivity index (χ4n) is 2.45. The highest BCUT2D eigenvalue weighted by Gasteiger charge is 2.23. The van der Waals surface area contributed by atoms with Crippen LogP contribution in [0.15, 0.2) is 47.4 Å². The van der Waals surface area contributed by atoms with Gasteiger partial charge in [0.15, 0.2) is 0 Å². The number of rotatable bonds is 5. The lowest BCUT2D eigenvalue weighted by molar-refractivity contribution is 0.0693. The molecule has 0 saturated carbocycles. The minimum Gasteiger partial charge on any atom is -0.495 e. The molecule has 0 heterocycles. The second kappa shape index (κ2) is 6.85. The topological polar surface area (TPSA) is 92.7 Å². The van der Waals surface area contributed by atoms with Gasteiger partial charge in [-0.2, -0.15) is 0 Å². The molecular formula is C18H21NO5S. The van der Waals surface area contributed by atoms with Gasteiger partial charge in [-0.25, -0.2) is 17.9 Å². The number of aromatic carboxylic acids is 1. The molecule has 0 amide bonds. The Balaban J connectivity index is 2.58. The van der Waals surface area contributed by atoms with Crippen LogP contribution in [0.5, 0.6) is 5.75 Å². The van der Waals surface area contributed by atoms with Crippen LogP contribution in [0.1, 0.15) is 31.1 Å². The van der Waals surface area contributed by atoms with E-state index in [4.69, 9.17) is 4.74 Å². The third-order valence-electron chi connectivity index (χ3n) is 3.35. The van der Waals surface area contributed by atoms with E-state index < -0.39 is 21.5 Å².